The number of carboxylic acid groups (broad SMARTS) is 3. The molecule has 2 rings (SSSR count). The monoisotopic (exact) mass is 1500 g/mol. The van der Waals surface area contributed by atoms with Crippen LogP contribution in [0.15, 0.2) is 65.7 Å². The van der Waals surface area contributed by atoms with Gasteiger partial charge in [-0.2, -0.15) is 12.6 Å². The van der Waals surface area contributed by atoms with E-state index < -0.39 is 236 Å². The lowest BCUT2D eigenvalue weighted by atomic mass is 10.0. The maximum Gasteiger partial charge on any atom is 0.326 e. The molecule has 0 aliphatic heterocycles. The second-order valence-corrected chi connectivity index (χ2v) is 25.8. The van der Waals surface area contributed by atoms with Gasteiger partial charge in [0.1, 0.15) is 66.5 Å². The van der Waals surface area contributed by atoms with E-state index in [9.17, 15) is 102 Å². The molecular weight excluding hydrogens is 1400 g/mol. The van der Waals surface area contributed by atoms with E-state index in [2.05, 4.69) is 76.1 Å². The van der Waals surface area contributed by atoms with E-state index in [0.29, 0.717) is 11.1 Å². The van der Waals surface area contributed by atoms with Crippen LogP contribution in [0.3, 0.4) is 0 Å². The van der Waals surface area contributed by atoms with Crippen LogP contribution in [0.1, 0.15) is 116 Å². The minimum absolute atomic E-state index is 0.00218. The molecule has 105 heavy (non-hydrogen) atoms. The van der Waals surface area contributed by atoms with E-state index >= 15 is 0 Å². The number of carboxylic acids is 3. The number of amides is 14. The molecule has 0 bridgehead atoms. The molecule has 0 spiro atoms. The Labute approximate surface area is 609 Å². The Morgan fingerprint density at radius 3 is 1.18 bits per heavy atom. The molecule has 0 heterocycles. The second-order valence-electron chi connectivity index (χ2n) is 25.4. The number of nitrogens with zero attached hydrogens (tertiary/aromatic N) is 1. The van der Waals surface area contributed by atoms with E-state index in [-0.39, 0.29) is 56.4 Å². The lowest BCUT2D eigenvalue weighted by molar-refractivity contribution is -0.144. The zero-order valence-electron chi connectivity index (χ0n) is 58.6. The summed E-state index contributed by atoms with van der Waals surface area (Å²) < 4.78 is 0. The fourth-order valence-corrected chi connectivity index (χ4v) is 10.3. The van der Waals surface area contributed by atoms with Crippen LogP contribution < -0.4 is 92.9 Å². The topological polar surface area (TPSA) is 672 Å². The van der Waals surface area contributed by atoms with E-state index in [0.717, 1.165) is 6.92 Å². The largest absolute Gasteiger partial charge is 0.481 e. The first kappa shape index (κ1) is 90.1. The molecule has 0 saturated heterocycles. The van der Waals surface area contributed by atoms with Crippen molar-refractivity contribution in [2.45, 2.75) is 197 Å². The molecule has 580 valence electrons. The number of guanidine groups is 1. The predicted molar refractivity (Wildman–Crippen MR) is 377 cm³/mol. The third-order valence-corrected chi connectivity index (χ3v) is 15.7. The lowest BCUT2D eigenvalue weighted by Crippen LogP contribution is -2.62. The highest BCUT2D eigenvalue weighted by molar-refractivity contribution is 7.80. The molecule has 0 saturated carbocycles. The van der Waals surface area contributed by atoms with E-state index in [1.54, 1.807) is 76.2 Å². The summed E-state index contributed by atoms with van der Waals surface area (Å²) in [6, 6.07) is -5.14. The SMILES string of the molecule is CC(C)C[C@H](NC(=O)[C@@H](NC(=O)[C@H](Cc1ccccc1)NC(=O)[C@H](Cc1ccccc1)NC(=O)[C@H](CC(=O)O)NC(=O)[C@H](CCC(N)=O)NC(=O)[C@H](CCC(=O)O)NC(=O)[C@H](CS)NC(=O)[C@H](CC(N)=O)NC(=O)[C@H](CCCN=C(N)N)NC(=O)[C@@H](N)CC(C)C)[C@@H](C)O)C(=O)N[C@@H](CC(N)=O)C(=O)O. The van der Waals surface area contributed by atoms with Crippen LogP contribution in [-0.4, -0.2) is 218 Å². The standard InChI is InChI=1S/C65H98N18O21S/c1-31(2)23-36(66)53(92)73-37(17-12-22-72-65(70)71)54(93)78-43(27-48(68)86)59(98)82-46(30-105)62(101)75-39(19-21-50(88)89)55(94)74-38(18-20-47(67)85)56(95)79-44(29-51(90)91)60(99)76-41(25-34-13-8-6-9-14-34)58(97)77-42(26-35-15-10-7-11-16-35)61(100)83-52(33(5)84)63(102)80-40(24-32(3)4)57(96)81-45(64(103)104)28-49(69)87/h6-11,13-16,31-33,36-46,52,84,105H,12,17-30,66H2,1-5H3,(H2,67,85)(H2,68,86)(H2,69,87)(H,73,92)(H,74,94)(H,75,101)(H,76,99)(H,77,97)(H,78,93)(H,79,95)(H,80,102)(H,81,96)(H,82,98)(H,83,100)(H,88,89)(H,90,91)(H,103,104)(H4,70,71,72)/t33-,36+,37+,38+,39+,40+,41+,42+,43+,44+,45+,46+,52+/m1/s1. The average molecular weight is 1500 g/mol. The molecule has 2 aromatic rings. The number of benzene rings is 2. The summed E-state index contributed by atoms with van der Waals surface area (Å²) in [5.41, 5.74) is 33.7. The number of rotatable bonds is 49. The third-order valence-electron chi connectivity index (χ3n) is 15.4. The molecule has 14 amide bonds. The van der Waals surface area contributed by atoms with Crippen LogP contribution in [0.4, 0.5) is 0 Å². The number of aliphatic imine (C=N–C) groups is 1. The predicted octanol–water partition coefficient (Wildman–Crippen LogP) is -6.97. The number of aliphatic hydroxyl groups excluding tert-OH is 1. The first-order valence-electron chi connectivity index (χ1n) is 33.2. The number of hydrogen-bond donors (Lipinski definition) is 22. The number of aliphatic carboxylic acids is 3. The van der Waals surface area contributed by atoms with Crippen molar-refractivity contribution in [2.75, 3.05) is 12.3 Å². The van der Waals surface area contributed by atoms with Crippen LogP contribution in [0.5, 0.6) is 0 Å². The van der Waals surface area contributed by atoms with Crippen LogP contribution in [0, 0.1) is 11.8 Å². The van der Waals surface area contributed by atoms with Crippen molar-refractivity contribution >= 4 is 119 Å². The highest BCUT2D eigenvalue weighted by Crippen LogP contribution is 2.14. The Bertz CT molecular complexity index is 3400. The first-order chi connectivity index (χ1) is 49.2. The van der Waals surface area contributed by atoms with E-state index in [1.165, 1.54) is 12.1 Å². The summed E-state index contributed by atoms with van der Waals surface area (Å²) in [6.45, 7) is 8.02. The maximum atomic E-state index is 14.7. The number of hydrogen-bond acceptors (Lipinski definition) is 21. The Kier molecular flexibility index (Phi) is 39.3. The number of aliphatic hydroxyl groups is 1. The Morgan fingerprint density at radius 1 is 0.400 bits per heavy atom. The van der Waals surface area contributed by atoms with Crippen molar-refractivity contribution in [2.24, 2.45) is 51.2 Å². The van der Waals surface area contributed by atoms with E-state index in [4.69, 9.17) is 34.4 Å². The van der Waals surface area contributed by atoms with Crippen molar-refractivity contribution in [1.82, 2.24) is 58.5 Å². The summed E-state index contributed by atoms with van der Waals surface area (Å²) in [7, 11) is 0. The number of nitrogens with two attached hydrogens (primary N) is 6. The van der Waals surface area contributed by atoms with Crippen LogP contribution in [-0.2, 0) is 94.3 Å². The minimum atomic E-state index is -2.17. The fraction of sp³-hybridized carbons (Fsp3) is 0.538. The van der Waals surface area contributed by atoms with Gasteiger partial charge < -0.3 is 113 Å². The molecule has 40 heteroatoms. The molecule has 0 radical (unpaired) electrons. The number of primary amides is 3. The Hall–Kier alpha value is -11.0. The van der Waals surface area contributed by atoms with Crippen molar-refractivity contribution in [3.05, 3.63) is 71.8 Å². The molecule has 0 aliphatic rings. The Balaban J connectivity index is 2.59. The first-order valence-corrected chi connectivity index (χ1v) is 33.9. The smallest absolute Gasteiger partial charge is 0.326 e. The van der Waals surface area contributed by atoms with Gasteiger partial charge in [0.15, 0.2) is 5.96 Å². The number of carbonyl (C=O) groups is 17. The molecule has 39 nitrogen and oxygen atoms in total. The number of nitrogens with one attached hydrogen (secondary N) is 11. The molecule has 0 aromatic heterocycles. The lowest BCUT2D eigenvalue weighted by Gasteiger charge is -2.29. The van der Waals surface area contributed by atoms with Crippen LogP contribution in [0.25, 0.3) is 0 Å². The molecule has 0 unspecified atom stereocenters. The highest BCUT2D eigenvalue weighted by atomic mass is 32.1. The molecule has 13 atom stereocenters. The van der Waals surface area contributed by atoms with Crippen molar-refractivity contribution in [3.63, 3.8) is 0 Å². The summed E-state index contributed by atoms with van der Waals surface area (Å²) in [5.74, 6) is -22.2. The quantitative estimate of drug-likeness (QED) is 0.0127. The van der Waals surface area contributed by atoms with Crippen LogP contribution >= 0.6 is 12.6 Å². The number of thiol groups is 1. The summed E-state index contributed by atoms with van der Waals surface area (Å²) in [4.78, 5) is 231. The van der Waals surface area contributed by atoms with Gasteiger partial charge in [0.2, 0.25) is 82.7 Å². The summed E-state index contributed by atoms with van der Waals surface area (Å²) in [6.07, 6.45) is -8.37. The van der Waals surface area contributed by atoms with Gasteiger partial charge in [0, 0.05) is 38.0 Å². The van der Waals surface area contributed by atoms with Gasteiger partial charge in [-0.15, -0.1) is 0 Å². The van der Waals surface area contributed by atoms with Gasteiger partial charge in [-0.1, -0.05) is 88.4 Å². The molecule has 2 aromatic carbocycles. The van der Waals surface area contributed by atoms with Crippen molar-refractivity contribution < 1.29 is 102 Å². The average Bonchev–Trinajstić information content (AvgIpc) is 0.848. The second kappa shape index (κ2) is 45.8. The molecular formula is C65H98N18O21S. The highest BCUT2D eigenvalue weighted by Gasteiger charge is 2.39. The van der Waals surface area contributed by atoms with Gasteiger partial charge in [-0.25, -0.2) is 4.79 Å². The number of carbonyl (C=O) groups excluding carboxylic acids is 14. The van der Waals surface area contributed by atoms with Crippen molar-refractivity contribution in [3.8, 4) is 0 Å². The van der Waals surface area contributed by atoms with Gasteiger partial charge in [-0.3, -0.25) is 81.7 Å². The van der Waals surface area contributed by atoms with Gasteiger partial charge >= 0.3 is 17.9 Å². The third kappa shape index (κ3) is 35.1. The van der Waals surface area contributed by atoms with Crippen LogP contribution in [0.2, 0.25) is 0 Å². The van der Waals surface area contributed by atoms with E-state index in [1.807, 2.05) is 0 Å². The molecule has 27 N–H and O–H groups in total. The van der Waals surface area contributed by atoms with Gasteiger partial charge in [-0.05, 0) is 68.4 Å². The Morgan fingerprint density at radius 2 is 0.762 bits per heavy atom. The summed E-state index contributed by atoms with van der Waals surface area (Å²) in [5, 5.41) is 65.8. The normalized spacial score (nSPS) is 14.7. The molecule has 0 aliphatic carbocycles. The van der Waals surface area contributed by atoms with Gasteiger partial charge in [0.25, 0.3) is 0 Å². The maximum absolute atomic E-state index is 14.7. The fourth-order valence-electron chi connectivity index (χ4n) is 10.1. The zero-order valence-corrected chi connectivity index (χ0v) is 59.5. The zero-order chi connectivity index (χ0) is 79.4. The minimum Gasteiger partial charge on any atom is -0.481 e. The van der Waals surface area contributed by atoms with Gasteiger partial charge in [0.05, 0.1) is 31.4 Å². The van der Waals surface area contributed by atoms with Crippen molar-refractivity contribution in [1.29, 1.82) is 0 Å². The summed E-state index contributed by atoms with van der Waals surface area (Å²) >= 11 is 4.13. The molecule has 0 fully saturated rings.